The first-order valence-electron chi connectivity index (χ1n) is 11.8. The summed E-state index contributed by atoms with van der Waals surface area (Å²) in [4.78, 5) is 13.4. The molecule has 1 aromatic heterocycles. The smallest absolute Gasteiger partial charge is 0.228 e. The van der Waals surface area contributed by atoms with Crippen LogP contribution < -0.4 is 4.90 Å². The zero-order chi connectivity index (χ0) is 23.9. The second-order valence-electron chi connectivity index (χ2n) is 8.67. The van der Waals surface area contributed by atoms with Gasteiger partial charge in [-0.2, -0.15) is 0 Å². The molecule has 0 aliphatic carbocycles. The van der Waals surface area contributed by atoms with E-state index in [1.165, 1.54) is 0 Å². The average Bonchev–Trinajstić information content (AvgIpc) is 3.32. The molecule has 2 heterocycles. The monoisotopic (exact) mass is 460 g/mol. The summed E-state index contributed by atoms with van der Waals surface area (Å²) in [5.41, 5.74) is 3.84. The molecule has 34 heavy (non-hydrogen) atoms. The number of ether oxygens (including phenoxy) is 1. The molecule has 1 amide bonds. The van der Waals surface area contributed by atoms with E-state index in [1.807, 2.05) is 65.5 Å². The third kappa shape index (κ3) is 5.43. The molecule has 1 fully saturated rings. The quantitative estimate of drug-likeness (QED) is 0.344. The summed E-state index contributed by atoms with van der Waals surface area (Å²) in [7, 11) is 1.73. The van der Waals surface area contributed by atoms with E-state index in [4.69, 9.17) is 4.74 Å². The Morgan fingerprint density at radius 2 is 1.88 bits per heavy atom. The number of aliphatic hydroxyl groups is 1. The molecule has 178 valence electrons. The molecule has 0 radical (unpaired) electrons. The molecule has 1 aliphatic heterocycles. The fourth-order valence-electron chi connectivity index (χ4n) is 4.34. The topological polar surface area (TPSA) is 80.5 Å². The number of hydrogen-bond acceptors (Lipinski definition) is 5. The summed E-state index contributed by atoms with van der Waals surface area (Å²) in [5, 5.41) is 18.4. The summed E-state index contributed by atoms with van der Waals surface area (Å²) in [5.74, 6) is 0.196. The van der Waals surface area contributed by atoms with E-state index in [0.29, 0.717) is 13.0 Å². The Balaban J connectivity index is 1.31. The van der Waals surface area contributed by atoms with E-state index in [9.17, 15) is 9.90 Å². The average molecular weight is 461 g/mol. The number of β-lactam (4-membered cyclic amide) rings is 1. The van der Waals surface area contributed by atoms with Crippen LogP contribution in [-0.2, 0) is 16.1 Å². The van der Waals surface area contributed by atoms with Crippen molar-refractivity contribution in [1.82, 2.24) is 15.0 Å². The van der Waals surface area contributed by atoms with Gasteiger partial charge >= 0.3 is 0 Å². The van der Waals surface area contributed by atoms with Gasteiger partial charge in [-0.05, 0) is 29.7 Å². The molecular formula is C27H32N4O3. The van der Waals surface area contributed by atoms with Crippen molar-refractivity contribution in [2.24, 2.45) is 5.92 Å². The van der Waals surface area contributed by atoms with Crippen molar-refractivity contribution in [1.29, 1.82) is 0 Å². The van der Waals surface area contributed by atoms with Crippen molar-refractivity contribution in [2.75, 3.05) is 25.2 Å². The molecule has 7 heteroatoms. The molecule has 4 rings (SSSR count). The van der Waals surface area contributed by atoms with E-state index >= 15 is 0 Å². The third-order valence-corrected chi connectivity index (χ3v) is 6.38. The van der Waals surface area contributed by atoms with Gasteiger partial charge in [0.15, 0.2) is 0 Å². The molecule has 1 N–H and O–H groups in total. The summed E-state index contributed by atoms with van der Waals surface area (Å²) >= 11 is 0. The number of methoxy groups -OCH3 is 1. The van der Waals surface area contributed by atoms with E-state index < -0.39 is 0 Å². The largest absolute Gasteiger partial charge is 0.395 e. The van der Waals surface area contributed by atoms with E-state index in [2.05, 4.69) is 29.4 Å². The van der Waals surface area contributed by atoms with Crippen molar-refractivity contribution in [3.8, 4) is 0 Å². The number of benzene rings is 2. The van der Waals surface area contributed by atoms with E-state index in [1.54, 1.807) is 12.0 Å². The van der Waals surface area contributed by atoms with Gasteiger partial charge in [-0.1, -0.05) is 66.8 Å². The van der Waals surface area contributed by atoms with Crippen LogP contribution in [0.4, 0.5) is 5.69 Å². The molecule has 3 aromatic rings. The van der Waals surface area contributed by atoms with Crippen LogP contribution >= 0.6 is 0 Å². The Hall–Kier alpha value is -3.29. The summed E-state index contributed by atoms with van der Waals surface area (Å²) in [6.45, 7) is 3.63. The number of hydrogen-bond donors (Lipinski definition) is 1. The third-order valence-electron chi connectivity index (χ3n) is 6.38. The molecule has 1 saturated heterocycles. The van der Waals surface area contributed by atoms with Crippen LogP contribution in [0.15, 0.2) is 72.9 Å². The van der Waals surface area contributed by atoms with Crippen molar-refractivity contribution in [2.45, 2.75) is 38.3 Å². The highest BCUT2D eigenvalue weighted by atomic mass is 16.5. The minimum Gasteiger partial charge on any atom is -0.395 e. The van der Waals surface area contributed by atoms with Crippen molar-refractivity contribution >= 4 is 11.6 Å². The molecule has 1 aliphatic rings. The maximum atomic E-state index is 11.6. The van der Waals surface area contributed by atoms with Gasteiger partial charge in [-0.25, -0.2) is 0 Å². The second-order valence-corrected chi connectivity index (χ2v) is 8.67. The first-order valence-corrected chi connectivity index (χ1v) is 11.8. The fraction of sp³-hybridized carbons (Fsp3) is 0.370. The molecule has 0 saturated carbocycles. The predicted octanol–water partition coefficient (Wildman–Crippen LogP) is 4.11. The summed E-state index contributed by atoms with van der Waals surface area (Å²) < 4.78 is 7.60. The van der Waals surface area contributed by atoms with Crippen LogP contribution in [0.2, 0.25) is 0 Å². The van der Waals surface area contributed by atoms with E-state index in [0.717, 1.165) is 35.5 Å². The van der Waals surface area contributed by atoms with Crippen LogP contribution in [-0.4, -0.2) is 46.3 Å². The zero-order valence-corrected chi connectivity index (χ0v) is 19.7. The lowest BCUT2D eigenvalue weighted by Crippen LogP contribution is -2.43. The molecule has 2 aromatic carbocycles. The highest BCUT2D eigenvalue weighted by molar-refractivity contribution is 5.99. The first-order chi connectivity index (χ1) is 16.6. The van der Waals surface area contributed by atoms with Crippen LogP contribution in [0.1, 0.15) is 48.6 Å². The van der Waals surface area contributed by atoms with Gasteiger partial charge in [-0.3, -0.25) is 9.48 Å². The number of aliphatic hydroxyl groups excluding tert-OH is 1. The number of nitrogens with zero attached hydrogens (tertiary/aromatic N) is 4. The Morgan fingerprint density at radius 1 is 1.12 bits per heavy atom. The highest BCUT2D eigenvalue weighted by Gasteiger charge is 2.25. The van der Waals surface area contributed by atoms with Gasteiger partial charge in [0.1, 0.15) is 0 Å². The van der Waals surface area contributed by atoms with Gasteiger partial charge in [-0.15, -0.1) is 5.10 Å². The SMILES string of the molecule is CO[C@H](c1ccc(N2CCC2=O)cc1)[C@H](C)/C=C/CCn1cc(C(CO)c2ccccc2)nn1. The van der Waals surface area contributed by atoms with Crippen LogP contribution in [0.3, 0.4) is 0 Å². The van der Waals surface area contributed by atoms with Gasteiger partial charge in [0.05, 0.1) is 24.3 Å². The summed E-state index contributed by atoms with van der Waals surface area (Å²) in [6.07, 6.45) is 7.61. The Kier molecular flexibility index (Phi) is 7.87. The van der Waals surface area contributed by atoms with E-state index in [-0.39, 0.29) is 30.5 Å². The van der Waals surface area contributed by atoms with Crippen molar-refractivity contribution in [3.63, 3.8) is 0 Å². The van der Waals surface area contributed by atoms with Gasteiger partial charge in [0, 0.05) is 44.4 Å². The van der Waals surface area contributed by atoms with Crippen molar-refractivity contribution in [3.05, 3.63) is 89.8 Å². The molecular weight excluding hydrogens is 428 g/mol. The van der Waals surface area contributed by atoms with Crippen molar-refractivity contribution < 1.29 is 14.6 Å². The first kappa shape index (κ1) is 23.9. The zero-order valence-electron chi connectivity index (χ0n) is 19.7. The molecule has 0 bridgehead atoms. The number of anilines is 1. The van der Waals surface area contributed by atoms with Crippen LogP contribution in [0, 0.1) is 5.92 Å². The number of amides is 1. The number of aromatic nitrogens is 3. The normalized spacial score (nSPS) is 16.4. The number of carbonyl (C=O) groups is 1. The lowest BCUT2D eigenvalue weighted by Gasteiger charge is -2.31. The van der Waals surface area contributed by atoms with Crippen LogP contribution in [0.5, 0.6) is 0 Å². The minimum atomic E-state index is -0.168. The molecule has 0 spiro atoms. The Labute approximate surface area is 200 Å². The second kappa shape index (κ2) is 11.2. The molecule has 7 nitrogen and oxygen atoms in total. The van der Waals surface area contributed by atoms with Crippen LogP contribution in [0.25, 0.3) is 0 Å². The summed E-state index contributed by atoms with van der Waals surface area (Å²) in [6, 6.07) is 17.9. The lowest BCUT2D eigenvalue weighted by molar-refractivity contribution is -0.122. The molecule has 3 atom stereocenters. The number of aryl methyl sites for hydroxylation is 1. The number of rotatable bonds is 11. The maximum Gasteiger partial charge on any atom is 0.228 e. The minimum absolute atomic E-state index is 0.00610. The highest BCUT2D eigenvalue weighted by Crippen LogP contribution is 2.30. The fourth-order valence-corrected chi connectivity index (χ4v) is 4.34. The number of allylic oxidation sites excluding steroid dienone is 1. The number of carbonyl (C=O) groups excluding carboxylic acids is 1. The predicted molar refractivity (Wildman–Crippen MR) is 131 cm³/mol. The Morgan fingerprint density at radius 3 is 2.50 bits per heavy atom. The van der Waals surface area contributed by atoms with Gasteiger partial charge < -0.3 is 14.7 Å². The van der Waals surface area contributed by atoms with Gasteiger partial charge in [0.25, 0.3) is 0 Å². The molecule has 1 unspecified atom stereocenters. The maximum absolute atomic E-state index is 11.6. The van der Waals surface area contributed by atoms with Gasteiger partial charge in [0.2, 0.25) is 5.91 Å². The lowest BCUT2D eigenvalue weighted by atomic mass is 9.96. The standard InChI is InChI=1S/C27H32N4O3/c1-20(27(34-2)22-11-13-23(14-12-22)31-17-15-26(31)33)8-6-7-16-30-18-25(28-29-30)24(19-32)21-9-4-3-5-10-21/h3-6,8-14,18,20,24,27,32H,7,15-17,19H2,1-2H3/b8-6+/t20-,24?,27+/m1/s1. The Bertz CT molecular complexity index is 1090.